The fourth-order valence-electron chi connectivity index (χ4n) is 4.02. The molecule has 0 aliphatic carbocycles. The third-order valence-corrected chi connectivity index (χ3v) is 6.17. The largest absolute Gasteiger partial charge is 0.453 e. The van der Waals surface area contributed by atoms with E-state index in [0.29, 0.717) is 48.2 Å². The maximum absolute atomic E-state index is 11.9. The topological polar surface area (TPSA) is 87.2 Å². The van der Waals surface area contributed by atoms with Crippen molar-refractivity contribution in [2.45, 2.75) is 6.92 Å². The molecule has 0 spiro atoms. The highest BCUT2D eigenvalue weighted by atomic mass is 35.5. The van der Waals surface area contributed by atoms with E-state index < -0.39 is 0 Å². The SMILES string of the molecule is C=CC(=O)N1CCN(c2ncnc3c(Oc4c(Cl)c(C)cc5[nH]ncc45)cccc23)CC1. The summed E-state index contributed by atoms with van der Waals surface area (Å²) in [5.74, 6) is 1.89. The predicted octanol–water partition coefficient (Wildman–Crippen LogP) is 4.09. The number of rotatable bonds is 4. The van der Waals surface area contributed by atoms with E-state index in [1.807, 2.05) is 31.2 Å². The van der Waals surface area contributed by atoms with Crippen LogP contribution in [0.5, 0.6) is 11.5 Å². The van der Waals surface area contributed by atoms with Gasteiger partial charge in [0.25, 0.3) is 0 Å². The van der Waals surface area contributed by atoms with Crippen molar-refractivity contribution in [3.05, 3.63) is 60.0 Å². The fourth-order valence-corrected chi connectivity index (χ4v) is 4.22. The first-order valence-corrected chi connectivity index (χ1v) is 10.6. The van der Waals surface area contributed by atoms with E-state index >= 15 is 0 Å². The molecule has 1 amide bonds. The molecule has 32 heavy (non-hydrogen) atoms. The molecule has 2 aromatic carbocycles. The van der Waals surface area contributed by atoms with Gasteiger partial charge in [-0.15, -0.1) is 0 Å². The van der Waals surface area contributed by atoms with E-state index in [1.54, 1.807) is 11.1 Å². The second-order valence-electron chi connectivity index (χ2n) is 7.64. The molecule has 1 aliphatic heterocycles. The number of benzene rings is 2. The van der Waals surface area contributed by atoms with Crippen LogP contribution in [0.15, 0.2) is 49.4 Å². The lowest BCUT2D eigenvalue weighted by molar-refractivity contribution is -0.126. The van der Waals surface area contributed by atoms with Crippen molar-refractivity contribution < 1.29 is 9.53 Å². The Kier molecular flexibility index (Phi) is 5.14. The number of nitrogens with one attached hydrogen (secondary N) is 1. The maximum Gasteiger partial charge on any atom is 0.246 e. The fraction of sp³-hybridized carbons (Fsp3) is 0.217. The lowest BCUT2D eigenvalue weighted by atomic mass is 10.1. The molecule has 1 N–H and O–H groups in total. The Bertz CT molecular complexity index is 1340. The van der Waals surface area contributed by atoms with Crippen LogP contribution < -0.4 is 9.64 Å². The quantitative estimate of drug-likeness (QED) is 0.473. The molecule has 0 radical (unpaired) electrons. The molecular weight excluding hydrogens is 428 g/mol. The number of carbonyl (C=O) groups is 1. The zero-order valence-electron chi connectivity index (χ0n) is 17.5. The summed E-state index contributed by atoms with van der Waals surface area (Å²) in [4.78, 5) is 24.9. The molecule has 4 aromatic rings. The monoisotopic (exact) mass is 448 g/mol. The van der Waals surface area contributed by atoms with Crippen LogP contribution in [0, 0.1) is 6.92 Å². The summed E-state index contributed by atoms with van der Waals surface area (Å²) in [6, 6.07) is 7.70. The van der Waals surface area contributed by atoms with Crippen LogP contribution in [0.1, 0.15) is 5.56 Å². The summed E-state index contributed by atoms with van der Waals surface area (Å²) in [6.07, 6.45) is 4.59. The predicted molar refractivity (Wildman–Crippen MR) is 124 cm³/mol. The van der Waals surface area contributed by atoms with Crippen molar-refractivity contribution in [1.82, 2.24) is 25.1 Å². The van der Waals surface area contributed by atoms with Crippen molar-refractivity contribution in [2.24, 2.45) is 0 Å². The van der Waals surface area contributed by atoms with E-state index in [0.717, 1.165) is 27.7 Å². The van der Waals surface area contributed by atoms with Crippen LogP contribution >= 0.6 is 11.6 Å². The summed E-state index contributed by atoms with van der Waals surface area (Å²) in [6.45, 7) is 8.08. The van der Waals surface area contributed by atoms with Gasteiger partial charge >= 0.3 is 0 Å². The number of para-hydroxylation sites is 1. The zero-order valence-corrected chi connectivity index (χ0v) is 18.3. The van der Waals surface area contributed by atoms with Crippen LogP contribution in [0.2, 0.25) is 5.02 Å². The van der Waals surface area contributed by atoms with E-state index in [-0.39, 0.29) is 5.91 Å². The number of halogens is 1. The highest BCUT2D eigenvalue weighted by molar-refractivity contribution is 6.34. The summed E-state index contributed by atoms with van der Waals surface area (Å²) >= 11 is 6.59. The highest BCUT2D eigenvalue weighted by Crippen LogP contribution is 2.40. The summed E-state index contributed by atoms with van der Waals surface area (Å²) < 4.78 is 6.32. The molecule has 2 aromatic heterocycles. The number of nitrogens with zero attached hydrogens (tertiary/aromatic N) is 5. The van der Waals surface area contributed by atoms with Crippen LogP contribution in [-0.4, -0.2) is 57.2 Å². The first-order valence-electron chi connectivity index (χ1n) is 10.3. The molecule has 9 heteroatoms. The van der Waals surface area contributed by atoms with Crippen LogP contribution in [0.25, 0.3) is 21.8 Å². The number of aromatic amines is 1. The number of H-pyrrole nitrogens is 1. The second-order valence-corrected chi connectivity index (χ2v) is 8.01. The molecule has 162 valence electrons. The minimum atomic E-state index is -0.0477. The van der Waals surface area contributed by atoms with Crippen molar-refractivity contribution in [3.63, 3.8) is 0 Å². The number of aryl methyl sites for hydroxylation is 1. The van der Waals surface area contributed by atoms with Gasteiger partial charge < -0.3 is 14.5 Å². The molecule has 0 saturated carbocycles. The first kappa shape index (κ1) is 20.3. The lowest BCUT2D eigenvalue weighted by Gasteiger charge is -2.35. The minimum Gasteiger partial charge on any atom is -0.453 e. The van der Waals surface area contributed by atoms with Crippen molar-refractivity contribution in [1.29, 1.82) is 0 Å². The minimum absolute atomic E-state index is 0.0477. The van der Waals surface area contributed by atoms with Gasteiger partial charge in [0, 0.05) is 31.6 Å². The molecule has 1 fully saturated rings. The second kappa shape index (κ2) is 8.12. The Morgan fingerprint density at radius 1 is 1.22 bits per heavy atom. The Morgan fingerprint density at radius 2 is 2.03 bits per heavy atom. The smallest absolute Gasteiger partial charge is 0.246 e. The van der Waals surface area contributed by atoms with Gasteiger partial charge in [-0.05, 0) is 36.8 Å². The Morgan fingerprint density at radius 3 is 2.81 bits per heavy atom. The molecule has 0 unspecified atom stereocenters. The zero-order chi connectivity index (χ0) is 22.2. The number of anilines is 1. The first-order chi connectivity index (χ1) is 15.6. The van der Waals surface area contributed by atoms with Crippen molar-refractivity contribution >= 4 is 45.1 Å². The Labute approximate surface area is 189 Å². The van der Waals surface area contributed by atoms with Crippen molar-refractivity contribution in [3.8, 4) is 11.5 Å². The number of piperazine rings is 1. The van der Waals surface area contributed by atoms with Gasteiger partial charge in [0.1, 0.15) is 17.7 Å². The number of hydrogen-bond donors (Lipinski definition) is 1. The molecule has 5 rings (SSSR count). The molecule has 3 heterocycles. The Hall–Kier alpha value is -3.65. The average molecular weight is 449 g/mol. The maximum atomic E-state index is 11.9. The standard InChI is InChI=1S/C23H21ClN6O2/c1-3-19(31)29-7-9-30(10-8-29)23-15-5-4-6-18(21(15)25-13-26-23)32-22-16-12-27-28-17(16)11-14(2)20(22)24/h3-6,11-13H,1,7-10H2,2H3,(H,27,28). The van der Waals surface area contributed by atoms with Gasteiger partial charge in [0.2, 0.25) is 5.91 Å². The van der Waals surface area contributed by atoms with E-state index in [9.17, 15) is 4.79 Å². The van der Waals surface area contributed by atoms with E-state index in [4.69, 9.17) is 16.3 Å². The average Bonchev–Trinajstić information content (AvgIpc) is 3.29. The van der Waals surface area contributed by atoms with E-state index in [2.05, 4.69) is 31.6 Å². The van der Waals surface area contributed by atoms with Gasteiger partial charge in [0.15, 0.2) is 11.5 Å². The van der Waals surface area contributed by atoms with Crippen LogP contribution in [-0.2, 0) is 4.79 Å². The number of carbonyl (C=O) groups excluding carboxylic acids is 1. The molecule has 1 aliphatic rings. The van der Waals surface area contributed by atoms with Crippen LogP contribution in [0.4, 0.5) is 5.82 Å². The number of fused-ring (bicyclic) bond motifs is 2. The van der Waals surface area contributed by atoms with Gasteiger partial charge in [0.05, 0.1) is 22.1 Å². The summed E-state index contributed by atoms with van der Waals surface area (Å²) in [5, 5.41) is 9.29. The normalized spacial score (nSPS) is 14.2. The number of aromatic nitrogens is 4. The highest BCUT2D eigenvalue weighted by Gasteiger charge is 2.23. The number of amides is 1. The molecule has 1 saturated heterocycles. The van der Waals surface area contributed by atoms with Gasteiger partial charge in [-0.3, -0.25) is 9.89 Å². The van der Waals surface area contributed by atoms with Gasteiger partial charge in [-0.2, -0.15) is 5.10 Å². The van der Waals surface area contributed by atoms with Crippen LogP contribution in [0.3, 0.4) is 0 Å². The molecule has 0 atom stereocenters. The third kappa shape index (κ3) is 3.42. The molecule has 8 nitrogen and oxygen atoms in total. The molecular formula is C23H21ClN6O2. The summed E-state index contributed by atoms with van der Waals surface area (Å²) in [7, 11) is 0. The Balaban J connectivity index is 1.51. The molecule has 0 bridgehead atoms. The van der Waals surface area contributed by atoms with Gasteiger partial charge in [-0.25, -0.2) is 9.97 Å². The third-order valence-electron chi connectivity index (χ3n) is 5.70. The van der Waals surface area contributed by atoms with Crippen molar-refractivity contribution in [2.75, 3.05) is 31.1 Å². The van der Waals surface area contributed by atoms with Gasteiger partial charge in [-0.1, -0.05) is 24.2 Å². The summed E-state index contributed by atoms with van der Waals surface area (Å²) in [5.41, 5.74) is 2.43. The van der Waals surface area contributed by atoms with E-state index in [1.165, 1.54) is 12.4 Å². The number of hydrogen-bond acceptors (Lipinski definition) is 6. The lowest BCUT2D eigenvalue weighted by Crippen LogP contribution is -2.48. The number of ether oxygens (including phenoxy) is 1.